The molecular weight excluding hydrogens is 150 g/mol. The van der Waals surface area contributed by atoms with Gasteiger partial charge in [-0.25, -0.2) is 0 Å². The predicted octanol–water partition coefficient (Wildman–Crippen LogP) is 2.28. The predicted molar refractivity (Wildman–Crippen MR) is 50.7 cm³/mol. The summed E-state index contributed by atoms with van der Waals surface area (Å²) in [5.74, 6) is 5.80. The molecule has 0 radical (unpaired) electrons. The molecule has 2 N–H and O–H groups in total. The molecule has 0 atom stereocenters. The average Bonchev–Trinajstić information content (AvgIpc) is 2.05. The van der Waals surface area contributed by atoms with Crippen molar-refractivity contribution >= 4 is 6.08 Å². The van der Waals surface area contributed by atoms with E-state index in [0.29, 0.717) is 5.75 Å². The van der Waals surface area contributed by atoms with Gasteiger partial charge in [0.2, 0.25) is 0 Å². The molecule has 0 saturated heterocycles. The Labute approximate surface area is 72.6 Å². The highest BCUT2D eigenvalue weighted by Gasteiger charge is 1.98. The van der Waals surface area contributed by atoms with Crippen molar-refractivity contribution in [2.24, 2.45) is 5.90 Å². The van der Waals surface area contributed by atoms with Crippen LogP contribution in [0.25, 0.3) is 6.08 Å². The molecule has 64 valence electrons. The molecule has 0 amide bonds. The van der Waals surface area contributed by atoms with Crippen LogP contribution in [-0.4, -0.2) is 0 Å². The van der Waals surface area contributed by atoms with E-state index >= 15 is 0 Å². The van der Waals surface area contributed by atoms with E-state index < -0.39 is 0 Å². The molecular formula is C10H13NO. The number of benzene rings is 1. The molecule has 0 fully saturated rings. The summed E-state index contributed by atoms with van der Waals surface area (Å²) in [7, 11) is 0. The van der Waals surface area contributed by atoms with E-state index in [1.54, 1.807) is 0 Å². The molecule has 0 aromatic heterocycles. The number of hydrogen-bond donors (Lipinski definition) is 1. The first-order chi connectivity index (χ1) is 5.77. The van der Waals surface area contributed by atoms with Gasteiger partial charge in [0, 0.05) is 5.56 Å². The number of allylic oxidation sites excluding steroid dienone is 1. The summed E-state index contributed by atoms with van der Waals surface area (Å²) in [6.45, 7) is 4.00. The van der Waals surface area contributed by atoms with Gasteiger partial charge >= 0.3 is 0 Å². The van der Waals surface area contributed by atoms with Crippen molar-refractivity contribution in [1.29, 1.82) is 0 Å². The maximum absolute atomic E-state index is 5.10. The van der Waals surface area contributed by atoms with Gasteiger partial charge in [0.25, 0.3) is 0 Å². The molecule has 12 heavy (non-hydrogen) atoms. The van der Waals surface area contributed by atoms with Crippen molar-refractivity contribution in [3.8, 4) is 5.75 Å². The van der Waals surface area contributed by atoms with Crippen molar-refractivity contribution < 1.29 is 4.84 Å². The molecule has 0 aliphatic carbocycles. The standard InChI is InChI=1S/C10H13NO/c1-3-4-9-7-8(2)5-6-10(9)12-11/h3-7H,11H2,1-2H3/b4-3-. The summed E-state index contributed by atoms with van der Waals surface area (Å²) in [5, 5.41) is 0. The van der Waals surface area contributed by atoms with Crippen LogP contribution in [0.5, 0.6) is 5.75 Å². The Morgan fingerprint density at radius 1 is 1.42 bits per heavy atom. The molecule has 0 aliphatic heterocycles. The highest BCUT2D eigenvalue weighted by atomic mass is 16.6. The average molecular weight is 163 g/mol. The SMILES string of the molecule is C/C=C\c1cc(C)ccc1ON. The smallest absolute Gasteiger partial charge is 0.154 e. The zero-order chi connectivity index (χ0) is 8.97. The lowest BCUT2D eigenvalue weighted by molar-refractivity contribution is 0.333. The first-order valence-corrected chi connectivity index (χ1v) is 3.88. The van der Waals surface area contributed by atoms with Gasteiger partial charge in [-0.1, -0.05) is 23.8 Å². The van der Waals surface area contributed by atoms with Crippen LogP contribution < -0.4 is 10.7 Å². The van der Waals surface area contributed by atoms with E-state index in [1.165, 1.54) is 5.56 Å². The number of rotatable bonds is 2. The maximum atomic E-state index is 5.10. The Hall–Kier alpha value is -1.28. The molecule has 0 bridgehead atoms. The van der Waals surface area contributed by atoms with Crippen LogP contribution in [0.3, 0.4) is 0 Å². The van der Waals surface area contributed by atoms with Crippen LogP contribution >= 0.6 is 0 Å². The van der Waals surface area contributed by atoms with E-state index in [2.05, 4.69) is 0 Å². The van der Waals surface area contributed by atoms with Gasteiger partial charge in [0.15, 0.2) is 5.75 Å². The molecule has 2 nitrogen and oxygen atoms in total. The van der Waals surface area contributed by atoms with Crippen molar-refractivity contribution in [2.75, 3.05) is 0 Å². The first-order valence-electron chi connectivity index (χ1n) is 3.88. The van der Waals surface area contributed by atoms with E-state index in [-0.39, 0.29) is 0 Å². The molecule has 2 heteroatoms. The number of aryl methyl sites for hydroxylation is 1. The lowest BCUT2D eigenvalue weighted by Gasteiger charge is -2.03. The van der Waals surface area contributed by atoms with E-state index in [1.807, 2.05) is 44.2 Å². The summed E-state index contributed by atoms with van der Waals surface area (Å²) < 4.78 is 0. The number of hydrogen-bond acceptors (Lipinski definition) is 2. The largest absolute Gasteiger partial charge is 0.411 e. The fraction of sp³-hybridized carbons (Fsp3) is 0.200. The van der Waals surface area contributed by atoms with E-state index in [0.717, 1.165) is 5.56 Å². The monoisotopic (exact) mass is 163 g/mol. The van der Waals surface area contributed by atoms with Gasteiger partial charge in [0.1, 0.15) is 0 Å². The molecule has 1 rings (SSSR count). The Morgan fingerprint density at radius 3 is 2.75 bits per heavy atom. The lowest BCUT2D eigenvalue weighted by Crippen LogP contribution is -2.03. The van der Waals surface area contributed by atoms with Crippen LogP contribution in [0.15, 0.2) is 24.3 Å². The highest BCUT2D eigenvalue weighted by molar-refractivity contribution is 5.57. The van der Waals surface area contributed by atoms with Gasteiger partial charge in [-0.3, -0.25) is 0 Å². The fourth-order valence-electron chi connectivity index (χ4n) is 1.09. The third-order valence-electron chi connectivity index (χ3n) is 1.64. The molecule has 0 aliphatic rings. The lowest BCUT2D eigenvalue weighted by atomic mass is 10.1. The second-order valence-electron chi connectivity index (χ2n) is 2.66. The summed E-state index contributed by atoms with van der Waals surface area (Å²) in [5.41, 5.74) is 2.21. The summed E-state index contributed by atoms with van der Waals surface area (Å²) >= 11 is 0. The van der Waals surface area contributed by atoms with Gasteiger partial charge in [0.05, 0.1) is 0 Å². The molecule has 0 heterocycles. The topological polar surface area (TPSA) is 35.2 Å². The minimum absolute atomic E-state index is 0.707. The second-order valence-corrected chi connectivity index (χ2v) is 2.66. The zero-order valence-corrected chi connectivity index (χ0v) is 7.37. The zero-order valence-electron chi connectivity index (χ0n) is 7.37. The highest BCUT2D eigenvalue weighted by Crippen LogP contribution is 2.19. The molecule has 1 aromatic carbocycles. The fourth-order valence-corrected chi connectivity index (χ4v) is 1.09. The maximum Gasteiger partial charge on any atom is 0.154 e. The normalized spacial score (nSPS) is 10.6. The molecule has 0 saturated carbocycles. The van der Waals surface area contributed by atoms with E-state index in [4.69, 9.17) is 10.7 Å². The minimum atomic E-state index is 0.707. The minimum Gasteiger partial charge on any atom is -0.411 e. The van der Waals surface area contributed by atoms with Crippen LogP contribution in [0.2, 0.25) is 0 Å². The van der Waals surface area contributed by atoms with Crippen LogP contribution in [0.1, 0.15) is 18.1 Å². The van der Waals surface area contributed by atoms with Gasteiger partial charge in [-0.05, 0) is 26.0 Å². The van der Waals surface area contributed by atoms with Crippen LogP contribution in [0, 0.1) is 6.92 Å². The quantitative estimate of drug-likeness (QED) is 0.679. The van der Waals surface area contributed by atoms with Gasteiger partial charge in [-0.15, -0.1) is 0 Å². The van der Waals surface area contributed by atoms with Crippen molar-refractivity contribution in [1.82, 2.24) is 0 Å². The first kappa shape index (κ1) is 8.81. The Kier molecular flexibility index (Phi) is 2.88. The Bertz CT molecular complexity index is 292. The molecule has 1 aromatic rings. The van der Waals surface area contributed by atoms with Gasteiger partial charge < -0.3 is 4.84 Å². The summed E-state index contributed by atoms with van der Waals surface area (Å²) in [6.07, 6.45) is 3.92. The Morgan fingerprint density at radius 2 is 2.17 bits per heavy atom. The van der Waals surface area contributed by atoms with Crippen molar-refractivity contribution in [3.63, 3.8) is 0 Å². The number of nitrogens with two attached hydrogens (primary N) is 1. The Balaban J connectivity index is 3.12. The third kappa shape index (κ3) is 1.86. The molecule has 0 unspecified atom stereocenters. The second kappa shape index (κ2) is 3.93. The summed E-state index contributed by atoms with van der Waals surface area (Å²) in [6, 6.07) is 5.86. The van der Waals surface area contributed by atoms with E-state index in [9.17, 15) is 0 Å². The third-order valence-corrected chi connectivity index (χ3v) is 1.64. The summed E-state index contributed by atoms with van der Waals surface area (Å²) in [4.78, 5) is 4.70. The molecule has 0 spiro atoms. The van der Waals surface area contributed by atoms with Crippen LogP contribution in [0.4, 0.5) is 0 Å². The van der Waals surface area contributed by atoms with Crippen molar-refractivity contribution in [3.05, 3.63) is 35.4 Å². The van der Waals surface area contributed by atoms with Crippen molar-refractivity contribution in [2.45, 2.75) is 13.8 Å². The van der Waals surface area contributed by atoms with Gasteiger partial charge in [-0.2, -0.15) is 5.90 Å². The van der Waals surface area contributed by atoms with Crippen LogP contribution in [-0.2, 0) is 0 Å².